The van der Waals surface area contributed by atoms with Crippen LogP contribution in [0.25, 0.3) is 0 Å². The van der Waals surface area contributed by atoms with E-state index in [1.165, 1.54) is 0 Å². The smallest absolute Gasteiger partial charge is 0.195 e. The molecule has 0 N–H and O–H groups in total. The SMILES string of the molecule is CC1(C)O[C@H](C(=O)COC(c2ccccc2)(c2ccccc2)c2ccccc2)[C@H](C(=O)CF)O1. The number of alkyl halides is 1. The lowest BCUT2D eigenvalue weighted by Gasteiger charge is -2.36. The maximum absolute atomic E-state index is 13.3. The number of carbonyl (C=O) groups excluding carboxylic acids is 2. The van der Waals surface area contributed by atoms with E-state index in [4.69, 9.17) is 14.2 Å². The summed E-state index contributed by atoms with van der Waals surface area (Å²) in [6.45, 7) is 1.55. The van der Waals surface area contributed by atoms with E-state index in [1.807, 2.05) is 91.0 Å². The number of carbonyl (C=O) groups is 2. The second-order valence-corrected chi connectivity index (χ2v) is 8.61. The molecule has 5 nitrogen and oxygen atoms in total. The van der Waals surface area contributed by atoms with Gasteiger partial charge in [-0.2, -0.15) is 0 Å². The number of benzene rings is 3. The minimum atomic E-state index is -1.31. The summed E-state index contributed by atoms with van der Waals surface area (Å²) in [5.41, 5.74) is 1.40. The summed E-state index contributed by atoms with van der Waals surface area (Å²) >= 11 is 0. The minimum absolute atomic E-state index is 0.376. The molecule has 1 aliphatic rings. The number of Topliss-reactive ketones (excluding diaryl/α,β-unsaturated/α-hetero) is 2. The van der Waals surface area contributed by atoms with E-state index in [2.05, 4.69) is 0 Å². The summed E-state index contributed by atoms with van der Waals surface area (Å²) in [5.74, 6) is -2.51. The summed E-state index contributed by atoms with van der Waals surface area (Å²) in [4.78, 5) is 25.4. The topological polar surface area (TPSA) is 61.8 Å². The molecule has 0 radical (unpaired) electrons. The van der Waals surface area contributed by atoms with Crippen molar-refractivity contribution in [2.75, 3.05) is 13.3 Å². The van der Waals surface area contributed by atoms with E-state index in [9.17, 15) is 14.0 Å². The molecule has 1 aliphatic heterocycles. The number of ether oxygens (including phenoxy) is 3. The fourth-order valence-electron chi connectivity index (χ4n) is 4.34. The summed E-state index contributed by atoms with van der Waals surface area (Å²) in [6.07, 6.45) is -2.56. The van der Waals surface area contributed by atoms with Crippen molar-refractivity contribution in [3.8, 4) is 0 Å². The van der Waals surface area contributed by atoms with Gasteiger partial charge in [-0.15, -0.1) is 0 Å². The van der Waals surface area contributed by atoms with Crippen molar-refractivity contribution >= 4 is 11.6 Å². The van der Waals surface area contributed by atoms with E-state index in [0.717, 1.165) is 16.7 Å². The fraction of sp³-hybridized carbons (Fsp3) is 0.286. The van der Waals surface area contributed by atoms with Gasteiger partial charge in [0.05, 0.1) is 0 Å². The molecule has 34 heavy (non-hydrogen) atoms. The summed E-state index contributed by atoms with van der Waals surface area (Å²) in [7, 11) is 0. The van der Waals surface area contributed by atoms with Crippen LogP contribution >= 0.6 is 0 Å². The van der Waals surface area contributed by atoms with Crippen LogP contribution in [-0.4, -0.2) is 42.8 Å². The zero-order valence-corrected chi connectivity index (χ0v) is 19.1. The molecule has 0 unspecified atom stereocenters. The first-order valence-electron chi connectivity index (χ1n) is 11.1. The molecule has 1 fully saturated rings. The van der Waals surface area contributed by atoms with Crippen LogP contribution < -0.4 is 0 Å². The van der Waals surface area contributed by atoms with Crippen molar-refractivity contribution in [1.82, 2.24) is 0 Å². The second kappa shape index (κ2) is 9.97. The highest BCUT2D eigenvalue weighted by molar-refractivity contribution is 5.94. The van der Waals surface area contributed by atoms with Crippen molar-refractivity contribution in [3.63, 3.8) is 0 Å². The van der Waals surface area contributed by atoms with Crippen LogP contribution in [0.5, 0.6) is 0 Å². The number of halogens is 1. The largest absolute Gasteiger partial charge is 0.353 e. The first-order valence-corrected chi connectivity index (χ1v) is 11.1. The molecule has 0 amide bonds. The molecule has 4 rings (SSSR count). The summed E-state index contributed by atoms with van der Waals surface area (Å²) in [5, 5.41) is 0. The molecule has 0 spiro atoms. The lowest BCUT2D eigenvalue weighted by Crippen LogP contribution is -2.42. The molecule has 0 bridgehead atoms. The minimum Gasteiger partial charge on any atom is -0.353 e. The van der Waals surface area contributed by atoms with Crippen molar-refractivity contribution in [3.05, 3.63) is 108 Å². The number of ketones is 2. The summed E-state index contributed by atoms with van der Waals surface area (Å²) < 4.78 is 30.9. The molecule has 6 heteroatoms. The molecule has 1 saturated heterocycles. The third-order valence-electron chi connectivity index (χ3n) is 5.83. The maximum Gasteiger partial charge on any atom is 0.195 e. The van der Waals surface area contributed by atoms with Crippen molar-refractivity contribution < 1.29 is 28.2 Å². The number of hydrogen-bond donors (Lipinski definition) is 0. The molecule has 0 aliphatic carbocycles. The Morgan fingerprint density at radius 3 is 1.53 bits per heavy atom. The summed E-state index contributed by atoms with van der Waals surface area (Å²) in [6, 6.07) is 28.9. The third kappa shape index (κ3) is 4.71. The Morgan fingerprint density at radius 1 is 0.765 bits per heavy atom. The van der Waals surface area contributed by atoms with Crippen molar-refractivity contribution in [2.24, 2.45) is 0 Å². The predicted molar refractivity (Wildman–Crippen MR) is 125 cm³/mol. The highest BCUT2D eigenvalue weighted by Gasteiger charge is 2.49. The van der Waals surface area contributed by atoms with Gasteiger partial charge in [0.15, 0.2) is 36.2 Å². The van der Waals surface area contributed by atoms with Gasteiger partial charge in [-0.25, -0.2) is 4.39 Å². The highest BCUT2D eigenvalue weighted by Crippen LogP contribution is 2.40. The monoisotopic (exact) mass is 462 g/mol. The predicted octanol–water partition coefficient (Wildman–Crippen LogP) is 4.62. The second-order valence-electron chi connectivity index (χ2n) is 8.61. The zero-order valence-electron chi connectivity index (χ0n) is 19.1. The number of rotatable bonds is 9. The average Bonchev–Trinajstić information content (AvgIpc) is 3.21. The molecular formula is C28H27FO5. The van der Waals surface area contributed by atoms with Gasteiger partial charge in [0.2, 0.25) is 0 Å². The lowest BCUT2D eigenvalue weighted by atomic mass is 9.80. The lowest BCUT2D eigenvalue weighted by molar-refractivity contribution is -0.160. The molecule has 3 aromatic rings. The van der Waals surface area contributed by atoms with Gasteiger partial charge in [0.1, 0.15) is 12.2 Å². The van der Waals surface area contributed by atoms with Crippen LogP contribution in [0, 0.1) is 0 Å². The third-order valence-corrected chi connectivity index (χ3v) is 5.83. The molecule has 3 aromatic carbocycles. The van der Waals surface area contributed by atoms with Crippen LogP contribution in [0.4, 0.5) is 4.39 Å². The molecule has 0 aromatic heterocycles. The van der Waals surface area contributed by atoms with E-state index in [1.54, 1.807) is 13.8 Å². The van der Waals surface area contributed by atoms with Crippen molar-refractivity contribution in [1.29, 1.82) is 0 Å². The van der Waals surface area contributed by atoms with Crippen molar-refractivity contribution in [2.45, 2.75) is 37.4 Å². The Labute approximate surface area is 198 Å². The zero-order chi connectivity index (χ0) is 24.2. The molecule has 0 saturated carbocycles. The van der Waals surface area contributed by atoms with Gasteiger partial charge in [0, 0.05) is 0 Å². The van der Waals surface area contributed by atoms with Gasteiger partial charge in [0.25, 0.3) is 0 Å². The van der Waals surface area contributed by atoms with Gasteiger partial charge in [-0.1, -0.05) is 91.0 Å². The molecular weight excluding hydrogens is 435 g/mol. The Kier molecular flexibility index (Phi) is 7.03. The maximum atomic E-state index is 13.3. The Balaban J connectivity index is 1.74. The Bertz CT molecular complexity index is 1020. The van der Waals surface area contributed by atoms with E-state index < -0.39 is 41.8 Å². The standard InChI is InChI=1S/C28H27FO5/c1-27(2)33-25(23(30)18-29)26(34-27)24(31)19-32-28(20-12-6-3-7-13-20,21-14-8-4-9-15-21)22-16-10-5-11-17-22/h3-17,25-26H,18-19H2,1-2H3/t25-,26+/m0/s1. The van der Waals surface area contributed by atoms with Gasteiger partial charge < -0.3 is 14.2 Å². The van der Waals surface area contributed by atoms with Gasteiger partial charge in [-0.3, -0.25) is 9.59 Å². The first kappa shape index (κ1) is 24.0. The highest BCUT2D eigenvalue weighted by atomic mass is 19.1. The van der Waals surface area contributed by atoms with Gasteiger partial charge >= 0.3 is 0 Å². The van der Waals surface area contributed by atoms with E-state index >= 15 is 0 Å². The molecule has 2 atom stereocenters. The van der Waals surface area contributed by atoms with Crippen LogP contribution in [0.1, 0.15) is 30.5 Å². The molecule has 176 valence electrons. The van der Waals surface area contributed by atoms with Crippen LogP contribution in [0.2, 0.25) is 0 Å². The number of hydrogen-bond acceptors (Lipinski definition) is 5. The van der Waals surface area contributed by atoms with Crippen LogP contribution in [-0.2, 0) is 29.4 Å². The molecule has 1 heterocycles. The Morgan fingerprint density at radius 2 is 1.15 bits per heavy atom. The fourth-order valence-corrected chi connectivity index (χ4v) is 4.34. The van der Waals surface area contributed by atoms with E-state index in [0.29, 0.717) is 0 Å². The Hall–Kier alpha value is -3.19. The average molecular weight is 463 g/mol. The van der Waals surface area contributed by atoms with Crippen LogP contribution in [0.15, 0.2) is 91.0 Å². The van der Waals surface area contributed by atoms with Crippen LogP contribution in [0.3, 0.4) is 0 Å². The van der Waals surface area contributed by atoms with Gasteiger partial charge in [-0.05, 0) is 30.5 Å². The quantitative estimate of drug-likeness (QED) is 0.434. The van der Waals surface area contributed by atoms with E-state index in [-0.39, 0.29) is 6.61 Å². The normalized spacial score (nSPS) is 19.6. The first-order chi connectivity index (χ1) is 16.4.